The lowest BCUT2D eigenvalue weighted by Crippen LogP contribution is -2.30. The van der Waals surface area contributed by atoms with Gasteiger partial charge in [0, 0.05) is 12.7 Å². The number of rotatable bonds is 7. The zero-order valence-corrected chi connectivity index (χ0v) is 18.0. The van der Waals surface area contributed by atoms with Crippen molar-refractivity contribution in [2.24, 2.45) is 5.92 Å². The molecule has 2 aromatic heterocycles. The van der Waals surface area contributed by atoms with Gasteiger partial charge in [-0.25, -0.2) is 9.97 Å². The fourth-order valence-electron chi connectivity index (χ4n) is 3.24. The molecule has 6 nitrogen and oxygen atoms in total. The van der Waals surface area contributed by atoms with Crippen molar-refractivity contribution in [3.63, 3.8) is 0 Å². The van der Waals surface area contributed by atoms with Crippen molar-refractivity contribution in [2.45, 2.75) is 45.4 Å². The predicted octanol–water partition coefficient (Wildman–Crippen LogP) is 3.73. The Morgan fingerprint density at radius 1 is 1.17 bits per heavy atom. The van der Waals surface area contributed by atoms with Crippen molar-refractivity contribution in [1.82, 2.24) is 19.9 Å². The van der Waals surface area contributed by atoms with Crippen LogP contribution < -0.4 is 10.9 Å². The Labute approximate surface area is 174 Å². The van der Waals surface area contributed by atoms with Gasteiger partial charge < -0.3 is 5.32 Å². The van der Waals surface area contributed by atoms with Crippen LogP contribution in [0.15, 0.2) is 52.5 Å². The van der Waals surface area contributed by atoms with Gasteiger partial charge in [-0.15, -0.1) is 0 Å². The Bertz CT molecular complexity index is 1080. The van der Waals surface area contributed by atoms with Crippen LogP contribution >= 0.6 is 11.8 Å². The third-order valence-corrected chi connectivity index (χ3v) is 5.58. The SMILES string of the molecule is Cc1ccccc1C(C)NC(=O)CSc1nc2ncccc2c(=O)n1CC(C)C. The van der Waals surface area contributed by atoms with Gasteiger partial charge in [0.1, 0.15) is 0 Å². The number of nitrogens with zero attached hydrogens (tertiary/aromatic N) is 3. The fraction of sp³-hybridized carbons (Fsp3) is 0.364. The van der Waals surface area contributed by atoms with Crippen molar-refractivity contribution in [2.75, 3.05) is 5.75 Å². The van der Waals surface area contributed by atoms with Gasteiger partial charge in [0.05, 0.1) is 17.2 Å². The number of benzene rings is 1. The van der Waals surface area contributed by atoms with E-state index in [1.54, 1.807) is 22.9 Å². The van der Waals surface area contributed by atoms with Crippen molar-refractivity contribution in [3.8, 4) is 0 Å². The first-order valence-corrected chi connectivity index (χ1v) is 10.7. The summed E-state index contributed by atoms with van der Waals surface area (Å²) < 4.78 is 1.65. The monoisotopic (exact) mass is 410 g/mol. The molecule has 152 valence electrons. The Kier molecular flexibility index (Phi) is 6.69. The summed E-state index contributed by atoms with van der Waals surface area (Å²) in [5.41, 5.74) is 2.53. The van der Waals surface area contributed by atoms with Crippen LogP contribution in [0.4, 0.5) is 0 Å². The molecule has 3 rings (SSSR count). The van der Waals surface area contributed by atoms with E-state index in [2.05, 4.69) is 15.3 Å². The lowest BCUT2D eigenvalue weighted by Gasteiger charge is -2.17. The highest BCUT2D eigenvalue weighted by molar-refractivity contribution is 7.99. The minimum absolute atomic E-state index is 0.0895. The minimum Gasteiger partial charge on any atom is -0.349 e. The topological polar surface area (TPSA) is 76.9 Å². The van der Waals surface area contributed by atoms with Crippen LogP contribution in [0.5, 0.6) is 0 Å². The van der Waals surface area contributed by atoms with E-state index < -0.39 is 0 Å². The van der Waals surface area contributed by atoms with Crippen molar-refractivity contribution in [3.05, 3.63) is 64.1 Å². The van der Waals surface area contributed by atoms with E-state index in [-0.39, 0.29) is 29.2 Å². The molecule has 1 amide bonds. The van der Waals surface area contributed by atoms with Crippen LogP contribution in [-0.2, 0) is 11.3 Å². The molecule has 0 bridgehead atoms. The predicted molar refractivity (Wildman–Crippen MR) is 117 cm³/mol. The summed E-state index contributed by atoms with van der Waals surface area (Å²) >= 11 is 1.27. The highest BCUT2D eigenvalue weighted by atomic mass is 32.2. The van der Waals surface area contributed by atoms with E-state index in [1.165, 1.54) is 11.8 Å². The van der Waals surface area contributed by atoms with Crippen LogP contribution in [0.2, 0.25) is 0 Å². The van der Waals surface area contributed by atoms with Gasteiger partial charge in [-0.05, 0) is 43.0 Å². The van der Waals surface area contributed by atoms with E-state index in [9.17, 15) is 9.59 Å². The van der Waals surface area contributed by atoms with E-state index >= 15 is 0 Å². The normalized spacial score (nSPS) is 12.3. The third kappa shape index (κ3) is 5.03. The Morgan fingerprint density at radius 2 is 1.93 bits per heavy atom. The zero-order valence-electron chi connectivity index (χ0n) is 17.2. The number of pyridine rings is 1. The Morgan fingerprint density at radius 3 is 2.66 bits per heavy atom. The molecule has 3 aromatic rings. The Balaban J connectivity index is 1.78. The van der Waals surface area contributed by atoms with Crippen LogP contribution in [0, 0.1) is 12.8 Å². The van der Waals surface area contributed by atoms with Gasteiger partial charge in [-0.2, -0.15) is 0 Å². The summed E-state index contributed by atoms with van der Waals surface area (Å²) in [6.45, 7) is 8.64. The lowest BCUT2D eigenvalue weighted by molar-refractivity contribution is -0.119. The number of aryl methyl sites for hydroxylation is 1. The summed E-state index contributed by atoms with van der Waals surface area (Å²) in [6.07, 6.45) is 1.62. The maximum atomic E-state index is 12.9. The largest absolute Gasteiger partial charge is 0.349 e. The molecule has 0 aliphatic rings. The summed E-state index contributed by atoms with van der Waals surface area (Å²) in [7, 11) is 0. The quantitative estimate of drug-likeness (QED) is 0.474. The maximum absolute atomic E-state index is 12.9. The molecule has 1 atom stereocenters. The first-order chi connectivity index (χ1) is 13.9. The summed E-state index contributed by atoms with van der Waals surface area (Å²) in [5, 5.41) is 4.05. The summed E-state index contributed by atoms with van der Waals surface area (Å²) in [6, 6.07) is 11.4. The van der Waals surface area contributed by atoms with Crippen molar-refractivity contribution < 1.29 is 4.79 Å². The smallest absolute Gasteiger partial charge is 0.263 e. The van der Waals surface area contributed by atoms with Crippen molar-refractivity contribution >= 4 is 28.7 Å². The highest BCUT2D eigenvalue weighted by Gasteiger charge is 2.16. The average molecular weight is 411 g/mol. The van der Waals surface area contributed by atoms with E-state index in [0.717, 1.165) is 11.1 Å². The van der Waals surface area contributed by atoms with Crippen LogP contribution in [0.3, 0.4) is 0 Å². The van der Waals surface area contributed by atoms with Crippen molar-refractivity contribution in [1.29, 1.82) is 0 Å². The number of hydrogen-bond donors (Lipinski definition) is 1. The van der Waals surface area contributed by atoms with Crippen LogP contribution in [0.1, 0.15) is 37.9 Å². The molecule has 1 unspecified atom stereocenters. The average Bonchev–Trinajstić information content (AvgIpc) is 2.69. The second-order valence-corrected chi connectivity index (χ2v) is 8.46. The number of amides is 1. The minimum atomic E-state index is -0.118. The summed E-state index contributed by atoms with van der Waals surface area (Å²) in [5.74, 6) is 0.356. The highest BCUT2D eigenvalue weighted by Crippen LogP contribution is 2.20. The van der Waals surface area contributed by atoms with Gasteiger partial charge in [0.25, 0.3) is 5.56 Å². The van der Waals surface area contributed by atoms with Crippen LogP contribution in [0.25, 0.3) is 11.0 Å². The molecule has 7 heteroatoms. The fourth-order valence-corrected chi connectivity index (χ4v) is 4.04. The van der Waals surface area contributed by atoms with Gasteiger partial charge >= 0.3 is 0 Å². The molecular weight excluding hydrogens is 384 g/mol. The van der Waals surface area contributed by atoms with Gasteiger partial charge in [-0.1, -0.05) is 49.9 Å². The number of carbonyl (C=O) groups excluding carboxylic acids is 1. The molecule has 0 radical (unpaired) electrons. The molecule has 0 aliphatic carbocycles. The third-order valence-electron chi connectivity index (χ3n) is 4.61. The molecule has 29 heavy (non-hydrogen) atoms. The van der Waals surface area contributed by atoms with E-state index in [0.29, 0.717) is 22.7 Å². The first-order valence-electron chi connectivity index (χ1n) is 9.70. The molecule has 1 N–H and O–H groups in total. The summed E-state index contributed by atoms with van der Waals surface area (Å²) in [4.78, 5) is 34.2. The van der Waals surface area contributed by atoms with E-state index in [1.807, 2.05) is 52.0 Å². The number of fused-ring (bicyclic) bond motifs is 1. The lowest BCUT2D eigenvalue weighted by atomic mass is 10.0. The molecule has 0 spiro atoms. The molecule has 2 heterocycles. The maximum Gasteiger partial charge on any atom is 0.263 e. The van der Waals surface area contributed by atoms with Crippen LogP contribution in [-0.4, -0.2) is 26.2 Å². The van der Waals surface area contributed by atoms with E-state index in [4.69, 9.17) is 0 Å². The first kappa shape index (κ1) is 21.0. The zero-order chi connectivity index (χ0) is 21.0. The molecular formula is C22H26N4O2S. The number of thioether (sulfide) groups is 1. The number of aromatic nitrogens is 3. The molecule has 0 saturated carbocycles. The molecule has 0 saturated heterocycles. The second kappa shape index (κ2) is 9.22. The number of hydrogen-bond acceptors (Lipinski definition) is 5. The molecule has 1 aromatic carbocycles. The Hall–Kier alpha value is -2.67. The molecule has 0 aliphatic heterocycles. The number of nitrogens with one attached hydrogen (secondary N) is 1. The second-order valence-electron chi connectivity index (χ2n) is 7.51. The van der Waals surface area contributed by atoms with Gasteiger partial charge in [0.15, 0.2) is 10.8 Å². The molecule has 0 fully saturated rings. The van der Waals surface area contributed by atoms with Gasteiger partial charge in [-0.3, -0.25) is 14.2 Å². The number of carbonyl (C=O) groups is 1. The standard InChI is InChI=1S/C22H26N4O2S/c1-14(2)12-26-21(28)18-10-7-11-23-20(18)25-22(26)29-13-19(27)24-16(4)17-9-6-5-8-15(17)3/h5-11,14,16H,12-13H2,1-4H3,(H,24,27). The van der Waals surface area contributed by atoms with Gasteiger partial charge in [0.2, 0.25) is 5.91 Å².